The fraction of sp³-hybridized carbons (Fsp3) is 0.308. The molecule has 0 saturated carbocycles. The van der Waals surface area contributed by atoms with Crippen LogP contribution in [0.25, 0.3) is 0 Å². The van der Waals surface area contributed by atoms with Crippen molar-refractivity contribution < 1.29 is 14.6 Å². The number of benzene rings is 1. The van der Waals surface area contributed by atoms with Gasteiger partial charge in [-0.05, 0) is 19.1 Å². The summed E-state index contributed by atoms with van der Waals surface area (Å²) in [6.45, 7) is 1.45. The monoisotopic (exact) mass is 233 g/mol. The smallest absolute Gasteiger partial charge is 0.253 e. The SMILES string of the molecule is COC(C)C(=O)Nc1ccccc1C#CCO. The zero-order valence-corrected chi connectivity index (χ0v) is 9.86. The van der Waals surface area contributed by atoms with E-state index in [0.717, 1.165) is 0 Å². The van der Waals surface area contributed by atoms with Gasteiger partial charge in [0, 0.05) is 12.7 Å². The molecule has 1 unspecified atom stereocenters. The summed E-state index contributed by atoms with van der Waals surface area (Å²) in [6.07, 6.45) is -0.520. The van der Waals surface area contributed by atoms with Crippen molar-refractivity contribution in [2.75, 3.05) is 19.0 Å². The molecule has 1 atom stereocenters. The molecule has 0 fully saturated rings. The lowest BCUT2D eigenvalue weighted by Gasteiger charge is -2.11. The van der Waals surface area contributed by atoms with Crippen LogP contribution in [0.15, 0.2) is 24.3 Å². The van der Waals surface area contributed by atoms with E-state index in [2.05, 4.69) is 17.2 Å². The Balaban J connectivity index is 2.87. The van der Waals surface area contributed by atoms with Crippen LogP contribution in [0, 0.1) is 11.8 Å². The molecule has 0 aromatic heterocycles. The quantitative estimate of drug-likeness (QED) is 0.766. The summed E-state index contributed by atoms with van der Waals surface area (Å²) in [5.41, 5.74) is 1.28. The Morgan fingerprint density at radius 1 is 1.53 bits per heavy atom. The van der Waals surface area contributed by atoms with Crippen molar-refractivity contribution in [1.82, 2.24) is 0 Å². The minimum Gasteiger partial charge on any atom is -0.384 e. The first kappa shape index (κ1) is 13.2. The predicted octanol–water partition coefficient (Wildman–Crippen LogP) is 1.00. The van der Waals surface area contributed by atoms with Gasteiger partial charge in [0.15, 0.2) is 0 Å². The van der Waals surface area contributed by atoms with Gasteiger partial charge in [0.1, 0.15) is 12.7 Å². The molecule has 90 valence electrons. The topological polar surface area (TPSA) is 58.6 Å². The number of ether oxygens (including phenoxy) is 1. The van der Waals surface area contributed by atoms with Crippen LogP contribution in [0.2, 0.25) is 0 Å². The molecule has 1 aromatic carbocycles. The van der Waals surface area contributed by atoms with E-state index in [1.807, 2.05) is 6.07 Å². The Hall–Kier alpha value is -1.83. The lowest BCUT2D eigenvalue weighted by Crippen LogP contribution is -2.26. The van der Waals surface area contributed by atoms with E-state index in [1.54, 1.807) is 25.1 Å². The normalized spacial score (nSPS) is 11.2. The second-order valence-electron chi connectivity index (χ2n) is 3.37. The maximum absolute atomic E-state index is 11.6. The Morgan fingerprint density at radius 3 is 2.88 bits per heavy atom. The number of hydrogen-bond donors (Lipinski definition) is 2. The number of rotatable bonds is 3. The van der Waals surface area contributed by atoms with Crippen LogP contribution < -0.4 is 5.32 Å². The van der Waals surface area contributed by atoms with Gasteiger partial charge in [0.05, 0.1) is 5.69 Å². The number of aliphatic hydroxyl groups is 1. The zero-order valence-electron chi connectivity index (χ0n) is 9.86. The number of para-hydroxylation sites is 1. The molecule has 4 heteroatoms. The molecule has 0 aliphatic carbocycles. The molecule has 4 nitrogen and oxygen atoms in total. The van der Waals surface area contributed by atoms with Crippen molar-refractivity contribution in [2.45, 2.75) is 13.0 Å². The number of methoxy groups -OCH3 is 1. The fourth-order valence-corrected chi connectivity index (χ4v) is 1.18. The number of amides is 1. The highest BCUT2D eigenvalue weighted by Crippen LogP contribution is 2.14. The lowest BCUT2D eigenvalue weighted by molar-refractivity contribution is -0.124. The Bertz CT molecular complexity index is 445. The van der Waals surface area contributed by atoms with Gasteiger partial charge in [0.25, 0.3) is 5.91 Å². The Morgan fingerprint density at radius 2 is 2.24 bits per heavy atom. The molecule has 0 saturated heterocycles. The molecule has 1 rings (SSSR count). The summed E-state index contributed by atoms with van der Waals surface area (Å²) in [6, 6.07) is 7.14. The van der Waals surface area contributed by atoms with E-state index in [1.165, 1.54) is 7.11 Å². The highest BCUT2D eigenvalue weighted by atomic mass is 16.5. The Kier molecular flexibility index (Phi) is 5.21. The van der Waals surface area contributed by atoms with Crippen molar-refractivity contribution in [2.24, 2.45) is 0 Å². The molecule has 0 radical (unpaired) electrons. The molecule has 0 heterocycles. The van der Waals surface area contributed by atoms with Gasteiger partial charge < -0.3 is 15.2 Å². The predicted molar refractivity (Wildman–Crippen MR) is 65.5 cm³/mol. The van der Waals surface area contributed by atoms with E-state index < -0.39 is 6.10 Å². The van der Waals surface area contributed by atoms with Gasteiger partial charge in [-0.15, -0.1) is 0 Å². The number of carbonyl (C=O) groups excluding carboxylic acids is 1. The summed E-state index contributed by atoms with van der Waals surface area (Å²) in [5.74, 6) is 5.08. The van der Waals surface area contributed by atoms with Gasteiger partial charge in [-0.1, -0.05) is 24.0 Å². The minimum atomic E-state index is -0.520. The van der Waals surface area contributed by atoms with Crippen molar-refractivity contribution in [3.63, 3.8) is 0 Å². The van der Waals surface area contributed by atoms with Crippen LogP contribution in [0.1, 0.15) is 12.5 Å². The third-order valence-electron chi connectivity index (χ3n) is 2.21. The summed E-state index contributed by atoms with van der Waals surface area (Å²) < 4.78 is 4.92. The number of carbonyl (C=O) groups is 1. The van der Waals surface area contributed by atoms with Gasteiger partial charge in [-0.3, -0.25) is 4.79 Å². The van der Waals surface area contributed by atoms with Crippen molar-refractivity contribution in [1.29, 1.82) is 0 Å². The van der Waals surface area contributed by atoms with E-state index in [9.17, 15) is 4.79 Å². The van der Waals surface area contributed by atoms with Crippen LogP contribution in [0.3, 0.4) is 0 Å². The van der Waals surface area contributed by atoms with Crippen molar-refractivity contribution in [3.05, 3.63) is 29.8 Å². The van der Waals surface area contributed by atoms with E-state index in [4.69, 9.17) is 9.84 Å². The molecule has 0 bridgehead atoms. The molecule has 17 heavy (non-hydrogen) atoms. The molecule has 2 N–H and O–H groups in total. The minimum absolute atomic E-state index is 0.212. The standard InChI is InChI=1S/C13H15NO3/c1-10(17-2)13(16)14-12-8-4-3-6-11(12)7-5-9-15/h3-4,6,8,10,15H,9H2,1-2H3,(H,14,16). The molecule has 1 amide bonds. The molecule has 0 aliphatic heterocycles. The average molecular weight is 233 g/mol. The molecular weight excluding hydrogens is 218 g/mol. The van der Waals surface area contributed by atoms with E-state index >= 15 is 0 Å². The number of hydrogen-bond acceptors (Lipinski definition) is 3. The van der Waals surface area contributed by atoms with Crippen molar-refractivity contribution >= 4 is 11.6 Å². The zero-order chi connectivity index (χ0) is 12.7. The van der Waals surface area contributed by atoms with Crippen molar-refractivity contribution in [3.8, 4) is 11.8 Å². The van der Waals surface area contributed by atoms with Crippen LogP contribution in [-0.2, 0) is 9.53 Å². The third kappa shape index (κ3) is 3.91. The van der Waals surface area contributed by atoms with Gasteiger partial charge in [-0.25, -0.2) is 0 Å². The molecular formula is C13H15NO3. The first-order valence-electron chi connectivity index (χ1n) is 5.21. The number of anilines is 1. The van der Waals surface area contributed by atoms with Crippen LogP contribution in [0.5, 0.6) is 0 Å². The number of aliphatic hydroxyl groups excluding tert-OH is 1. The maximum Gasteiger partial charge on any atom is 0.253 e. The third-order valence-corrected chi connectivity index (χ3v) is 2.21. The average Bonchev–Trinajstić information content (AvgIpc) is 2.36. The largest absolute Gasteiger partial charge is 0.384 e. The van der Waals surface area contributed by atoms with Gasteiger partial charge in [-0.2, -0.15) is 0 Å². The summed E-state index contributed by atoms with van der Waals surface area (Å²) in [5, 5.41) is 11.4. The highest BCUT2D eigenvalue weighted by Gasteiger charge is 2.12. The summed E-state index contributed by atoms with van der Waals surface area (Å²) in [7, 11) is 1.47. The lowest BCUT2D eigenvalue weighted by atomic mass is 10.1. The van der Waals surface area contributed by atoms with Gasteiger partial charge >= 0.3 is 0 Å². The van der Waals surface area contributed by atoms with Crippen LogP contribution in [0.4, 0.5) is 5.69 Å². The van der Waals surface area contributed by atoms with Crippen LogP contribution >= 0.6 is 0 Å². The summed E-state index contributed by atoms with van der Waals surface area (Å²) >= 11 is 0. The molecule has 0 spiro atoms. The van der Waals surface area contributed by atoms with Crippen LogP contribution in [-0.4, -0.2) is 30.8 Å². The van der Waals surface area contributed by atoms with E-state index in [0.29, 0.717) is 11.3 Å². The van der Waals surface area contributed by atoms with E-state index in [-0.39, 0.29) is 12.5 Å². The second-order valence-corrected chi connectivity index (χ2v) is 3.37. The fourth-order valence-electron chi connectivity index (χ4n) is 1.18. The number of nitrogens with one attached hydrogen (secondary N) is 1. The molecule has 0 aliphatic rings. The van der Waals surface area contributed by atoms with Gasteiger partial charge in [0.2, 0.25) is 0 Å². The first-order chi connectivity index (χ1) is 8.19. The summed E-state index contributed by atoms with van der Waals surface area (Å²) in [4.78, 5) is 11.6. The highest BCUT2D eigenvalue weighted by molar-refractivity contribution is 5.95. The first-order valence-corrected chi connectivity index (χ1v) is 5.21. The maximum atomic E-state index is 11.6. The molecule has 1 aromatic rings. The Labute approximate surface area is 101 Å². The second kappa shape index (κ2) is 6.69.